The summed E-state index contributed by atoms with van der Waals surface area (Å²) < 4.78 is 11.7. The van der Waals surface area contributed by atoms with E-state index in [-0.39, 0.29) is 0 Å². The van der Waals surface area contributed by atoms with Gasteiger partial charge in [-0.05, 0) is 64.4 Å². The Morgan fingerprint density at radius 3 is 2.18 bits per heavy atom. The number of aromatic amines is 1. The van der Waals surface area contributed by atoms with Crippen LogP contribution in [0.4, 0.5) is 0 Å². The topological polar surface area (TPSA) is 85.8 Å². The molecular weight excluding hydrogens is 414 g/mol. The van der Waals surface area contributed by atoms with Gasteiger partial charge in [-0.2, -0.15) is 0 Å². The number of nitrogens with zero attached hydrogens (tertiary/aromatic N) is 4. The van der Waals surface area contributed by atoms with Crippen molar-refractivity contribution in [2.24, 2.45) is 0 Å². The molecule has 0 fully saturated rings. The first-order chi connectivity index (χ1) is 16.3. The number of aromatic nitrogens is 5. The predicted molar refractivity (Wildman–Crippen MR) is 125 cm³/mol. The van der Waals surface area contributed by atoms with Gasteiger partial charge in [0.25, 0.3) is 0 Å². The molecule has 0 atom stereocenters. The molecule has 1 N–H and O–H groups in total. The summed E-state index contributed by atoms with van der Waals surface area (Å²) in [6, 6.07) is 28.5. The van der Waals surface area contributed by atoms with Crippen molar-refractivity contribution >= 4 is 10.9 Å². The Labute approximate surface area is 191 Å². The molecule has 5 rings (SSSR count). The van der Waals surface area contributed by atoms with E-state index in [0.29, 0.717) is 25.5 Å². The maximum Gasteiger partial charge on any atom is 0.151 e. The molecule has 0 unspecified atom stereocenters. The summed E-state index contributed by atoms with van der Waals surface area (Å²) in [6.45, 7) is 0.963. The van der Waals surface area contributed by atoms with Crippen LogP contribution in [0.5, 0.6) is 11.5 Å². The van der Waals surface area contributed by atoms with Crippen LogP contribution in [-0.4, -0.2) is 32.2 Å². The fourth-order valence-corrected chi connectivity index (χ4v) is 3.54. The molecule has 33 heavy (non-hydrogen) atoms. The van der Waals surface area contributed by atoms with Crippen molar-refractivity contribution in [3.8, 4) is 11.5 Å². The van der Waals surface area contributed by atoms with E-state index in [1.54, 1.807) is 0 Å². The average Bonchev–Trinajstić information content (AvgIpc) is 3.38. The quantitative estimate of drug-likeness (QED) is 0.364. The van der Waals surface area contributed by atoms with Crippen LogP contribution in [-0.2, 0) is 19.4 Å². The van der Waals surface area contributed by atoms with Crippen molar-refractivity contribution in [2.45, 2.75) is 19.4 Å². The van der Waals surface area contributed by atoms with Gasteiger partial charge >= 0.3 is 0 Å². The van der Waals surface area contributed by atoms with E-state index in [1.807, 2.05) is 48.5 Å². The maximum absolute atomic E-state index is 5.93. The third-order valence-corrected chi connectivity index (χ3v) is 5.29. The minimum absolute atomic E-state index is 0.443. The second kappa shape index (κ2) is 9.91. The van der Waals surface area contributed by atoms with Crippen molar-refractivity contribution in [1.29, 1.82) is 0 Å². The lowest BCUT2D eigenvalue weighted by atomic mass is 10.0. The minimum atomic E-state index is 0.443. The van der Waals surface area contributed by atoms with E-state index in [2.05, 4.69) is 62.0 Å². The minimum Gasteiger partial charge on any atom is -0.493 e. The largest absolute Gasteiger partial charge is 0.493 e. The Bertz CT molecular complexity index is 1300. The molecule has 5 aromatic rings. The van der Waals surface area contributed by atoms with Gasteiger partial charge in [0.15, 0.2) is 5.82 Å². The number of hydrogen-bond donors (Lipinski definition) is 1. The van der Waals surface area contributed by atoms with Crippen LogP contribution in [0.1, 0.15) is 22.6 Å². The molecule has 7 heteroatoms. The highest BCUT2D eigenvalue weighted by Crippen LogP contribution is 2.19. The normalized spacial score (nSPS) is 10.9. The van der Waals surface area contributed by atoms with Crippen molar-refractivity contribution in [3.05, 3.63) is 108 Å². The molecule has 2 heterocycles. The summed E-state index contributed by atoms with van der Waals surface area (Å²) in [5, 5.41) is 14.8. The van der Waals surface area contributed by atoms with Crippen LogP contribution in [0.25, 0.3) is 10.9 Å². The van der Waals surface area contributed by atoms with Gasteiger partial charge in [0.05, 0.1) is 17.8 Å². The van der Waals surface area contributed by atoms with Crippen LogP contribution in [0, 0.1) is 0 Å². The highest BCUT2D eigenvalue weighted by Gasteiger charge is 2.03. The number of H-pyrrole nitrogens is 1. The standard InChI is InChI=1S/C26H23N5O2/c1-2-4-25-21(3-1)9-10-22(27-25)18-33-24-13-7-20(8-14-24)17-19-5-11-23(12-6-19)32-16-15-26-28-30-31-29-26/h1-14H,15-18H2,(H,28,29,30,31). The molecule has 0 aliphatic carbocycles. The lowest BCUT2D eigenvalue weighted by Crippen LogP contribution is -2.03. The van der Waals surface area contributed by atoms with Crippen molar-refractivity contribution in [1.82, 2.24) is 25.6 Å². The van der Waals surface area contributed by atoms with Gasteiger partial charge in [-0.3, -0.25) is 0 Å². The second-order valence-electron chi connectivity index (χ2n) is 7.70. The first kappa shape index (κ1) is 20.6. The Balaban J connectivity index is 1.11. The van der Waals surface area contributed by atoms with E-state index in [9.17, 15) is 0 Å². The third kappa shape index (κ3) is 5.51. The molecule has 7 nitrogen and oxygen atoms in total. The highest BCUT2D eigenvalue weighted by molar-refractivity contribution is 5.78. The molecule has 0 aliphatic heterocycles. The number of benzene rings is 3. The lowest BCUT2D eigenvalue weighted by Gasteiger charge is -2.09. The zero-order valence-corrected chi connectivity index (χ0v) is 18.0. The molecule has 0 spiro atoms. The zero-order valence-electron chi connectivity index (χ0n) is 18.0. The van der Waals surface area contributed by atoms with Gasteiger partial charge < -0.3 is 9.47 Å². The van der Waals surface area contributed by atoms with Crippen LogP contribution in [0.3, 0.4) is 0 Å². The molecule has 3 aromatic carbocycles. The SMILES string of the molecule is c1ccc2nc(COc3ccc(Cc4ccc(OCCc5nnn[nH]5)cc4)cc3)ccc2c1. The van der Waals surface area contributed by atoms with Crippen LogP contribution in [0.15, 0.2) is 84.9 Å². The number of nitrogens with one attached hydrogen (secondary N) is 1. The number of fused-ring (bicyclic) bond motifs is 1. The summed E-state index contributed by atoms with van der Waals surface area (Å²) in [5.74, 6) is 2.38. The third-order valence-electron chi connectivity index (χ3n) is 5.29. The fourth-order valence-electron chi connectivity index (χ4n) is 3.54. The number of pyridine rings is 1. The zero-order chi connectivity index (χ0) is 22.3. The van der Waals surface area contributed by atoms with Gasteiger partial charge in [0.2, 0.25) is 0 Å². The predicted octanol–water partition coefficient (Wildman–Crippen LogP) is 4.54. The Morgan fingerprint density at radius 2 is 1.45 bits per heavy atom. The fraction of sp³-hybridized carbons (Fsp3) is 0.154. The van der Waals surface area contributed by atoms with E-state index in [1.165, 1.54) is 11.1 Å². The van der Waals surface area contributed by atoms with E-state index >= 15 is 0 Å². The number of ether oxygens (including phenoxy) is 2. The van der Waals surface area contributed by atoms with E-state index in [0.717, 1.165) is 34.5 Å². The Hall–Kier alpha value is -4.26. The summed E-state index contributed by atoms with van der Waals surface area (Å²) in [4.78, 5) is 4.66. The van der Waals surface area contributed by atoms with Gasteiger partial charge in [-0.1, -0.05) is 48.5 Å². The summed E-state index contributed by atoms with van der Waals surface area (Å²) in [6.07, 6.45) is 1.48. The lowest BCUT2D eigenvalue weighted by molar-refractivity contribution is 0.301. The number of rotatable bonds is 9. The summed E-state index contributed by atoms with van der Waals surface area (Å²) in [5.41, 5.74) is 4.34. The summed E-state index contributed by atoms with van der Waals surface area (Å²) in [7, 11) is 0. The Kier molecular flexibility index (Phi) is 6.20. The maximum atomic E-state index is 5.93. The monoisotopic (exact) mass is 437 g/mol. The molecule has 0 amide bonds. The van der Waals surface area contributed by atoms with Crippen molar-refractivity contribution in [2.75, 3.05) is 6.61 Å². The molecule has 0 saturated carbocycles. The summed E-state index contributed by atoms with van der Waals surface area (Å²) >= 11 is 0. The highest BCUT2D eigenvalue weighted by atomic mass is 16.5. The average molecular weight is 438 g/mol. The van der Waals surface area contributed by atoms with Crippen LogP contribution >= 0.6 is 0 Å². The first-order valence-corrected chi connectivity index (χ1v) is 10.8. The van der Waals surface area contributed by atoms with Gasteiger partial charge in [0.1, 0.15) is 18.1 Å². The van der Waals surface area contributed by atoms with E-state index in [4.69, 9.17) is 9.47 Å². The number of tetrazole rings is 1. The second-order valence-corrected chi connectivity index (χ2v) is 7.70. The van der Waals surface area contributed by atoms with Crippen molar-refractivity contribution in [3.63, 3.8) is 0 Å². The first-order valence-electron chi connectivity index (χ1n) is 10.8. The number of hydrogen-bond acceptors (Lipinski definition) is 6. The molecule has 0 radical (unpaired) electrons. The number of para-hydroxylation sites is 1. The molecule has 0 bridgehead atoms. The van der Waals surface area contributed by atoms with Gasteiger partial charge in [-0.25, -0.2) is 10.1 Å². The van der Waals surface area contributed by atoms with E-state index < -0.39 is 0 Å². The molecule has 2 aromatic heterocycles. The molecule has 164 valence electrons. The van der Waals surface area contributed by atoms with Gasteiger partial charge in [-0.15, -0.1) is 5.10 Å². The molecule has 0 saturated heterocycles. The van der Waals surface area contributed by atoms with Crippen molar-refractivity contribution < 1.29 is 9.47 Å². The van der Waals surface area contributed by atoms with Gasteiger partial charge in [0, 0.05) is 11.8 Å². The molecule has 0 aliphatic rings. The van der Waals surface area contributed by atoms with Crippen LogP contribution in [0.2, 0.25) is 0 Å². The molecular formula is C26H23N5O2. The smallest absolute Gasteiger partial charge is 0.151 e. The van der Waals surface area contributed by atoms with Crippen LogP contribution < -0.4 is 9.47 Å². The Morgan fingerprint density at radius 1 is 0.727 bits per heavy atom.